The van der Waals surface area contributed by atoms with Crippen LogP contribution in [0.1, 0.15) is 36.1 Å². The third-order valence-corrected chi connectivity index (χ3v) is 9.68. The van der Waals surface area contributed by atoms with Crippen LogP contribution in [0.5, 0.6) is 0 Å². The minimum absolute atomic E-state index is 0.0374. The normalized spacial score (nSPS) is 21.7. The third-order valence-electron chi connectivity index (χ3n) is 7.25. The predicted octanol–water partition coefficient (Wildman–Crippen LogP) is 1.13. The standard InChI is InChI=1S/C27H28ClN7O6S2/c1-13(26(39)40)41-33-20(19-22(28)43-27(29)32-19)23(37)31-21-24(38)35-18(11-36)16(12-42-25(21)35)10-34-8-6-17-14(5-7-30-2)3-4-15(17)9-34/h3-4,6,8-9,11,13-14,21,25,30H,5,7,10,12H2,1-2H3,(H3-,29,31,32,37,39,40)/p+1/b33-20-/t13-,14?,21?,25?/m0/s1. The maximum Gasteiger partial charge on any atom is 0.347 e. The van der Waals surface area contributed by atoms with Gasteiger partial charge in [0.05, 0.1) is 5.70 Å². The number of rotatable bonds is 12. The summed E-state index contributed by atoms with van der Waals surface area (Å²) in [5.41, 5.74) is 8.63. The largest absolute Gasteiger partial charge is 0.478 e. The fraction of sp³-hybridized carbons (Fsp3) is 0.370. The Bertz CT molecular complexity index is 1570. The molecule has 1 aliphatic carbocycles. The van der Waals surface area contributed by atoms with Crippen molar-refractivity contribution in [3.63, 3.8) is 0 Å². The maximum absolute atomic E-state index is 13.3. The number of nitrogens with zero attached hydrogens (tertiary/aromatic N) is 4. The summed E-state index contributed by atoms with van der Waals surface area (Å²) in [6.45, 7) is 2.58. The molecule has 16 heteroatoms. The number of nitrogens with two attached hydrogens (primary N) is 1. The second-order valence-electron chi connectivity index (χ2n) is 10.1. The molecule has 2 amide bonds. The Balaban J connectivity index is 1.31. The van der Waals surface area contributed by atoms with E-state index < -0.39 is 41.0 Å². The average molecular weight is 647 g/mol. The Kier molecular flexibility index (Phi) is 9.15. The number of carbonyl (C=O) groups excluding carboxylic acids is 3. The molecular formula is C27H29ClN7O6S2+. The number of aldehydes is 1. The van der Waals surface area contributed by atoms with Gasteiger partial charge >= 0.3 is 5.97 Å². The van der Waals surface area contributed by atoms with Crippen molar-refractivity contribution in [1.82, 2.24) is 20.5 Å². The Morgan fingerprint density at radius 1 is 1.44 bits per heavy atom. The minimum Gasteiger partial charge on any atom is -0.478 e. The molecule has 5 rings (SSSR count). The smallest absolute Gasteiger partial charge is 0.347 e. The van der Waals surface area contributed by atoms with Gasteiger partial charge < -0.3 is 26.3 Å². The topological polar surface area (TPSA) is 180 Å². The second-order valence-corrected chi connectivity index (χ2v) is 12.8. The number of nitrogens with one attached hydrogen (secondary N) is 2. The lowest BCUT2D eigenvalue weighted by Gasteiger charge is -2.49. The van der Waals surface area contributed by atoms with E-state index >= 15 is 0 Å². The highest BCUT2D eigenvalue weighted by Gasteiger charge is 2.53. The Labute approximate surface area is 259 Å². The summed E-state index contributed by atoms with van der Waals surface area (Å²) in [4.78, 5) is 60.2. The molecule has 2 aliphatic heterocycles. The number of fused-ring (bicyclic) bond motifs is 2. The Morgan fingerprint density at radius 2 is 2.23 bits per heavy atom. The van der Waals surface area contributed by atoms with E-state index in [2.05, 4.69) is 39.0 Å². The van der Waals surface area contributed by atoms with Crippen LogP contribution in [-0.4, -0.2) is 81.6 Å². The first-order valence-corrected chi connectivity index (χ1v) is 15.5. The number of allylic oxidation sites excluding steroid dienone is 2. The van der Waals surface area contributed by atoms with Crippen LogP contribution in [0, 0.1) is 0 Å². The zero-order valence-electron chi connectivity index (χ0n) is 23.2. The third kappa shape index (κ3) is 6.16. The monoisotopic (exact) mass is 646 g/mol. The van der Waals surface area contributed by atoms with E-state index in [1.54, 1.807) is 0 Å². The highest BCUT2D eigenvalue weighted by Crippen LogP contribution is 2.40. The number of anilines is 1. The molecule has 2 aromatic heterocycles. The van der Waals surface area contributed by atoms with Gasteiger partial charge in [0.1, 0.15) is 21.4 Å². The van der Waals surface area contributed by atoms with Crippen LogP contribution in [0.15, 0.2) is 41.0 Å². The molecule has 0 saturated carbocycles. The first kappa shape index (κ1) is 30.7. The van der Waals surface area contributed by atoms with Gasteiger partial charge in [0, 0.05) is 28.9 Å². The van der Waals surface area contributed by atoms with Gasteiger partial charge in [-0.25, -0.2) is 14.3 Å². The van der Waals surface area contributed by atoms with Gasteiger partial charge in [-0.3, -0.25) is 19.3 Å². The van der Waals surface area contributed by atoms with Gasteiger partial charge in [-0.2, -0.15) is 0 Å². The number of thioether (sulfide) groups is 1. The van der Waals surface area contributed by atoms with Crippen LogP contribution >= 0.6 is 34.7 Å². The molecule has 3 aliphatic rings. The molecule has 5 N–H and O–H groups in total. The number of hydrogen-bond acceptors (Lipinski definition) is 11. The van der Waals surface area contributed by atoms with Crippen LogP contribution in [0.3, 0.4) is 0 Å². The molecule has 1 fully saturated rings. The van der Waals surface area contributed by atoms with Crippen molar-refractivity contribution < 1.29 is 33.7 Å². The molecule has 1 saturated heterocycles. The second kappa shape index (κ2) is 12.8. The molecule has 4 heterocycles. The lowest BCUT2D eigenvalue weighted by Crippen LogP contribution is -2.70. The molecule has 0 bridgehead atoms. The number of hydrogen-bond donors (Lipinski definition) is 4. The Morgan fingerprint density at radius 3 is 2.91 bits per heavy atom. The SMILES string of the molecule is CNCCC1C=Cc2c[n+](CC3=C(C=O)N4C(=O)C(NC(=O)/C(=N\O[C@@H](C)C(=O)O)c5nc(N)sc5Cl)C4SC3)ccc21. The van der Waals surface area contributed by atoms with E-state index in [0.717, 1.165) is 35.4 Å². The molecule has 4 atom stereocenters. The number of carbonyl (C=O) groups is 4. The van der Waals surface area contributed by atoms with E-state index in [0.29, 0.717) is 24.5 Å². The number of nitrogen functional groups attached to an aromatic ring is 1. The predicted molar refractivity (Wildman–Crippen MR) is 161 cm³/mol. The van der Waals surface area contributed by atoms with Gasteiger partial charge in [0.15, 0.2) is 36.1 Å². The summed E-state index contributed by atoms with van der Waals surface area (Å²) in [6, 6.07) is 1.12. The minimum atomic E-state index is -1.37. The van der Waals surface area contributed by atoms with E-state index in [1.807, 2.05) is 24.0 Å². The lowest BCUT2D eigenvalue weighted by atomic mass is 9.99. The molecule has 0 aromatic carbocycles. The summed E-state index contributed by atoms with van der Waals surface area (Å²) < 4.78 is 2.03. The lowest BCUT2D eigenvalue weighted by molar-refractivity contribution is -0.689. The highest BCUT2D eigenvalue weighted by atomic mass is 35.5. The number of aromatic nitrogens is 2. The van der Waals surface area contributed by atoms with Crippen molar-refractivity contribution >= 4 is 75.7 Å². The molecular weight excluding hydrogens is 618 g/mol. The van der Waals surface area contributed by atoms with Crippen molar-refractivity contribution in [3.8, 4) is 0 Å². The van der Waals surface area contributed by atoms with E-state index in [-0.39, 0.29) is 20.9 Å². The quantitative estimate of drug-likeness (QED) is 0.0858. The van der Waals surface area contributed by atoms with Gasteiger partial charge in [-0.1, -0.05) is 40.2 Å². The summed E-state index contributed by atoms with van der Waals surface area (Å²) in [5, 5.41) is 18.1. The van der Waals surface area contributed by atoms with Crippen molar-refractivity contribution in [2.45, 2.75) is 43.3 Å². The van der Waals surface area contributed by atoms with E-state index in [4.69, 9.17) is 27.3 Å². The fourth-order valence-corrected chi connectivity index (χ4v) is 7.28. The molecule has 3 unspecified atom stereocenters. The van der Waals surface area contributed by atoms with Crippen molar-refractivity contribution in [1.29, 1.82) is 0 Å². The van der Waals surface area contributed by atoms with E-state index in [1.165, 1.54) is 29.1 Å². The van der Waals surface area contributed by atoms with Gasteiger partial charge in [0.25, 0.3) is 11.8 Å². The number of halogens is 1. The summed E-state index contributed by atoms with van der Waals surface area (Å²) in [6.07, 6.45) is 8.64. The number of amides is 2. The van der Waals surface area contributed by atoms with Crippen LogP contribution in [0.4, 0.5) is 5.13 Å². The van der Waals surface area contributed by atoms with Crippen molar-refractivity contribution in [2.24, 2.45) is 5.16 Å². The highest BCUT2D eigenvalue weighted by molar-refractivity contribution is 8.00. The van der Waals surface area contributed by atoms with Gasteiger partial charge in [-0.15, -0.1) is 11.8 Å². The number of aliphatic carboxylic acids is 1. The number of carboxylic acids is 1. The molecule has 226 valence electrons. The number of thiazole rings is 1. The molecule has 2 aromatic rings. The van der Waals surface area contributed by atoms with Crippen LogP contribution in [0.2, 0.25) is 4.34 Å². The maximum atomic E-state index is 13.3. The summed E-state index contributed by atoms with van der Waals surface area (Å²) in [5.74, 6) is -1.81. The summed E-state index contributed by atoms with van der Waals surface area (Å²) in [7, 11) is 1.93. The first-order valence-electron chi connectivity index (χ1n) is 13.3. The fourth-order valence-electron chi connectivity index (χ4n) is 5.00. The van der Waals surface area contributed by atoms with Crippen LogP contribution in [0.25, 0.3) is 6.08 Å². The number of oxime groups is 1. The number of carboxylic acid groups (broad SMARTS) is 1. The average Bonchev–Trinajstić information content (AvgIpc) is 3.55. The van der Waals surface area contributed by atoms with Crippen molar-refractivity contribution in [2.75, 3.05) is 25.1 Å². The molecule has 0 radical (unpaired) electrons. The number of pyridine rings is 1. The summed E-state index contributed by atoms with van der Waals surface area (Å²) >= 11 is 8.48. The van der Waals surface area contributed by atoms with Gasteiger partial charge in [0.2, 0.25) is 6.10 Å². The van der Waals surface area contributed by atoms with E-state index in [9.17, 15) is 19.2 Å². The van der Waals surface area contributed by atoms with Crippen LogP contribution < -0.4 is 20.9 Å². The molecule has 0 spiro atoms. The first-order chi connectivity index (χ1) is 20.6. The van der Waals surface area contributed by atoms with Crippen molar-refractivity contribution in [3.05, 3.63) is 57.0 Å². The number of β-lactam (4-membered cyclic amide) rings is 1. The Hall–Kier alpha value is -3.79. The molecule has 43 heavy (non-hydrogen) atoms. The zero-order chi connectivity index (χ0) is 30.8. The zero-order valence-corrected chi connectivity index (χ0v) is 25.5. The molecule has 13 nitrogen and oxygen atoms in total. The van der Waals surface area contributed by atoms with Gasteiger partial charge in [-0.05, 0) is 32.5 Å². The van der Waals surface area contributed by atoms with Crippen LogP contribution in [-0.2, 0) is 30.6 Å².